The van der Waals surface area contributed by atoms with Crippen LogP contribution in [0.1, 0.15) is 23.6 Å². The quantitative estimate of drug-likeness (QED) is 0.797. The van der Waals surface area contributed by atoms with Gasteiger partial charge in [0.25, 0.3) is 0 Å². The molecule has 0 fully saturated rings. The summed E-state index contributed by atoms with van der Waals surface area (Å²) in [6.45, 7) is 4.70. The highest BCUT2D eigenvalue weighted by atomic mass is 79.9. The SMILES string of the molecule is CCc1cccc(C)c1NC(=O)NCCc1ccccc1Br. The summed E-state index contributed by atoms with van der Waals surface area (Å²) in [6.07, 6.45) is 1.69. The fourth-order valence-electron chi connectivity index (χ4n) is 2.37. The minimum atomic E-state index is -0.156. The van der Waals surface area contributed by atoms with E-state index in [1.165, 1.54) is 5.56 Å². The second-order valence-corrected chi connectivity index (χ2v) is 6.04. The van der Waals surface area contributed by atoms with Gasteiger partial charge in [0, 0.05) is 16.7 Å². The lowest BCUT2D eigenvalue weighted by Crippen LogP contribution is -2.31. The van der Waals surface area contributed by atoms with Crippen molar-refractivity contribution in [3.8, 4) is 0 Å². The van der Waals surface area contributed by atoms with Crippen molar-refractivity contribution in [1.82, 2.24) is 5.32 Å². The average molecular weight is 361 g/mol. The van der Waals surface area contributed by atoms with Crippen molar-refractivity contribution < 1.29 is 4.79 Å². The van der Waals surface area contributed by atoms with Gasteiger partial charge in [-0.05, 0) is 42.5 Å². The maximum Gasteiger partial charge on any atom is 0.319 e. The summed E-state index contributed by atoms with van der Waals surface area (Å²) in [4.78, 5) is 12.1. The van der Waals surface area contributed by atoms with Gasteiger partial charge in [0.2, 0.25) is 0 Å². The number of aryl methyl sites for hydroxylation is 2. The number of nitrogens with one attached hydrogen (secondary N) is 2. The zero-order valence-corrected chi connectivity index (χ0v) is 14.5. The van der Waals surface area contributed by atoms with Gasteiger partial charge in [-0.1, -0.05) is 59.3 Å². The number of urea groups is 1. The van der Waals surface area contributed by atoms with Crippen LogP contribution in [0.5, 0.6) is 0 Å². The van der Waals surface area contributed by atoms with Crippen molar-refractivity contribution in [2.45, 2.75) is 26.7 Å². The van der Waals surface area contributed by atoms with Crippen molar-refractivity contribution in [2.75, 3.05) is 11.9 Å². The number of hydrogen-bond donors (Lipinski definition) is 2. The van der Waals surface area contributed by atoms with Crippen LogP contribution < -0.4 is 10.6 Å². The molecule has 3 nitrogen and oxygen atoms in total. The number of carbonyl (C=O) groups excluding carboxylic acids is 1. The summed E-state index contributed by atoms with van der Waals surface area (Å²) in [6, 6.07) is 14.0. The van der Waals surface area contributed by atoms with Gasteiger partial charge in [0.05, 0.1) is 0 Å². The number of hydrogen-bond acceptors (Lipinski definition) is 1. The van der Waals surface area contributed by atoms with Crippen LogP contribution in [0.4, 0.5) is 10.5 Å². The van der Waals surface area contributed by atoms with Crippen LogP contribution in [0.2, 0.25) is 0 Å². The van der Waals surface area contributed by atoms with Gasteiger partial charge in [-0.2, -0.15) is 0 Å². The fourth-order valence-corrected chi connectivity index (χ4v) is 2.85. The molecule has 0 aliphatic rings. The van der Waals surface area contributed by atoms with E-state index >= 15 is 0 Å². The third-order valence-electron chi connectivity index (χ3n) is 3.62. The van der Waals surface area contributed by atoms with Crippen LogP contribution in [-0.4, -0.2) is 12.6 Å². The first kappa shape index (κ1) is 16.6. The molecule has 2 amide bonds. The van der Waals surface area contributed by atoms with E-state index in [2.05, 4.69) is 39.6 Å². The van der Waals surface area contributed by atoms with Crippen LogP contribution in [0, 0.1) is 6.92 Å². The van der Waals surface area contributed by atoms with Crippen molar-refractivity contribution in [3.05, 3.63) is 63.6 Å². The van der Waals surface area contributed by atoms with Crippen molar-refractivity contribution in [1.29, 1.82) is 0 Å². The van der Waals surface area contributed by atoms with Gasteiger partial charge < -0.3 is 10.6 Å². The van der Waals surface area contributed by atoms with Crippen LogP contribution >= 0.6 is 15.9 Å². The smallest absolute Gasteiger partial charge is 0.319 e. The lowest BCUT2D eigenvalue weighted by Gasteiger charge is -2.14. The number of halogens is 1. The Bertz CT molecular complexity index is 655. The highest BCUT2D eigenvalue weighted by Crippen LogP contribution is 2.21. The second kappa shape index (κ2) is 7.99. The summed E-state index contributed by atoms with van der Waals surface area (Å²) < 4.78 is 1.07. The Balaban J connectivity index is 1.90. The molecular weight excluding hydrogens is 340 g/mol. The molecule has 0 aliphatic heterocycles. The normalized spacial score (nSPS) is 10.3. The van der Waals surface area contributed by atoms with Gasteiger partial charge in [0.15, 0.2) is 0 Å². The van der Waals surface area contributed by atoms with E-state index in [-0.39, 0.29) is 6.03 Å². The molecule has 0 aromatic heterocycles. The molecular formula is C18H21BrN2O. The van der Waals surface area contributed by atoms with E-state index in [1.807, 2.05) is 43.3 Å². The van der Waals surface area contributed by atoms with E-state index in [0.717, 1.165) is 34.1 Å². The molecule has 0 spiro atoms. The van der Waals surface area contributed by atoms with Crippen LogP contribution in [0.15, 0.2) is 46.9 Å². The van der Waals surface area contributed by atoms with E-state index in [4.69, 9.17) is 0 Å². The predicted octanol–water partition coefficient (Wildman–Crippen LogP) is 4.68. The Labute approximate surface area is 140 Å². The highest BCUT2D eigenvalue weighted by molar-refractivity contribution is 9.10. The topological polar surface area (TPSA) is 41.1 Å². The Morgan fingerprint density at radius 2 is 1.82 bits per heavy atom. The molecule has 116 valence electrons. The standard InChI is InChI=1S/C18H21BrN2O/c1-3-14-9-6-7-13(2)17(14)21-18(22)20-12-11-15-8-4-5-10-16(15)19/h4-10H,3,11-12H2,1-2H3,(H2,20,21,22). The fraction of sp³-hybridized carbons (Fsp3) is 0.278. The van der Waals surface area contributed by atoms with Crippen molar-refractivity contribution >= 4 is 27.6 Å². The molecule has 0 aliphatic carbocycles. The molecule has 2 N–H and O–H groups in total. The van der Waals surface area contributed by atoms with Crippen LogP contribution in [-0.2, 0) is 12.8 Å². The number of amides is 2. The average Bonchev–Trinajstić information content (AvgIpc) is 2.51. The molecule has 0 saturated heterocycles. The zero-order chi connectivity index (χ0) is 15.9. The number of anilines is 1. The van der Waals surface area contributed by atoms with Gasteiger partial charge in [-0.3, -0.25) is 0 Å². The maximum absolute atomic E-state index is 12.1. The molecule has 0 bridgehead atoms. The van der Waals surface area contributed by atoms with Gasteiger partial charge in [-0.25, -0.2) is 4.79 Å². The summed E-state index contributed by atoms with van der Waals surface area (Å²) in [5, 5.41) is 5.88. The molecule has 4 heteroatoms. The Hall–Kier alpha value is -1.81. The maximum atomic E-state index is 12.1. The van der Waals surface area contributed by atoms with E-state index in [1.54, 1.807) is 0 Å². The lowest BCUT2D eigenvalue weighted by atomic mass is 10.1. The highest BCUT2D eigenvalue weighted by Gasteiger charge is 2.08. The first-order valence-corrected chi connectivity index (χ1v) is 8.28. The molecule has 2 aromatic rings. The number of benzene rings is 2. The molecule has 0 saturated carbocycles. The Morgan fingerprint density at radius 3 is 2.55 bits per heavy atom. The van der Waals surface area contributed by atoms with Crippen molar-refractivity contribution in [3.63, 3.8) is 0 Å². The summed E-state index contributed by atoms with van der Waals surface area (Å²) in [5.41, 5.74) is 4.34. The Kier molecular flexibility index (Phi) is 6.01. The molecule has 0 heterocycles. The minimum Gasteiger partial charge on any atom is -0.338 e. The first-order chi connectivity index (χ1) is 10.6. The first-order valence-electron chi connectivity index (χ1n) is 7.48. The van der Waals surface area contributed by atoms with Crippen LogP contribution in [0.3, 0.4) is 0 Å². The second-order valence-electron chi connectivity index (χ2n) is 5.18. The minimum absolute atomic E-state index is 0.156. The van der Waals surface area contributed by atoms with E-state index in [0.29, 0.717) is 6.54 Å². The Morgan fingerprint density at radius 1 is 1.09 bits per heavy atom. The zero-order valence-electron chi connectivity index (χ0n) is 12.9. The third-order valence-corrected chi connectivity index (χ3v) is 4.39. The monoisotopic (exact) mass is 360 g/mol. The number of para-hydroxylation sites is 1. The molecule has 2 rings (SSSR count). The summed E-state index contributed by atoms with van der Waals surface area (Å²) >= 11 is 3.52. The third kappa shape index (κ3) is 4.34. The van der Waals surface area contributed by atoms with Gasteiger partial charge >= 0.3 is 6.03 Å². The predicted molar refractivity (Wildman–Crippen MR) is 95.4 cm³/mol. The molecule has 22 heavy (non-hydrogen) atoms. The van der Waals surface area contributed by atoms with E-state index < -0.39 is 0 Å². The van der Waals surface area contributed by atoms with Gasteiger partial charge in [0.1, 0.15) is 0 Å². The molecule has 0 radical (unpaired) electrons. The van der Waals surface area contributed by atoms with Crippen molar-refractivity contribution in [2.24, 2.45) is 0 Å². The van der Waals surface area contributed by atoms with Gasteiger partial charge in [-0.15, -0.1) is 0 Å². The van der Waals surface area contributed by atoms with E-state index in [9.17, 15) is 4.79 Å². The van der Waals surface area contributed by atoms with Crippen LogP contribution in [0.25, 0.3) is 0 Å². The number of rotatable bonds is 5. The lowest BCUT2D eigenvalue weighted by molar-refractivity contribution is 0.252. The molecule has 0 atom stereocenters. The summed E-state index contributed by atoms with van der Waals surface area (Å²) in [5.74, 6) is 0. The number of carbonyl (C=O) groups is 1. The molecule has 2 aromatic carbocycles. The summed E-state index contributed by atoms with van der Waals surface area (Å²) in [7, 11) is 0. The molecule has 0 unspecified atom stereocenters. The largest absolute Gasteiger partial charge is 0.338 e.